The first kappa shape index (κ1) is 19.2. The molecule has 1 heterocycles. The highest BCUT2D eigenvalue weighted by Crippen LogP contribution is 2.24. The molecule has 2 aromatic carbocycles. The van der Waals surface area contributed by atoms with Crippen LogP contribution in [0.2, 0.25) is 0 Å². The average molecular weight is 393 g/mol. The van der Waals surface area contributed by atoms with Gasteiger partial charge in [0.05, 0.1) is 17.7 Å². The molecular formula is C18H14F3N3O4. The van der Waals surface area contributed by atoms with E-state index in [1.807, 2.05) is 0 Å². The third-order valence-electron chi connectivity index (χ3n) is 3.81. The molecule has 1 unspecified atom stereocenters. The summed E-state index contributed by atoms with van der Waals surface area (Å²) in [6, 6.07) is 9.83. The molecule has 0 spiro atoms. The van der Waals surface area contributed by atoms with Crippen LogP contribution in [-0.4, -0.2) is 30.1 Å². The second kappa shape index (κ2) is 7.59. The van der Waals surface area contributed by atoms with E-state index in [1.165, 1.54) is 18.2 Å². The number of halogens is 3. The number of hydrogen-bond donors (Lipinski definition) is 3. The number of hydrogen-bond acceptors (Lipinski definition) is 4. The van der Waals surface area contributed by atoms with Gasteiger partial charge in [-0.25, -0.2) is 0 Å². The highest BCUT2D eigenvalue weighted by molar-refractivity contribution is 6.11. The van der Waals surface area contributed by atoms with Gasteiger partial charge in [-0.05, 0) is 36.4 Å². The molecule has 0 saturated heterocycles. The Hall–Kier alpha value is -3.56. The molecule has 0 saturated carbocycles. The number of anilines is 2. The van der Waals surface area contributed by atoms with E-state index in [2.05, 4.69) is 20.7 Å². The van der Waals surface area contributed by atoms with Crippen molar-refractivity contribution in [1.29, 1.82) is 0 Å². The van der Waals surface area contributed by atoms with Crippen LogP contribution in [0.4, 0.5) is 24.5 Å². The summed E-state index contributed by atoms with van der Waals surface area (Å²) in [7, 11) is 0. The second-order valence-corrected chi connectivity index (χ2v) is 5.89. The Kier molecular flexibility index (Phi) is 5.21. The molecule has 0 fully saturated rings. The zero-order valence-corrected chi connectivity index (χ0v) is 14.2. The summed E-state index contributed by atoms with van der Waals surface area (Å²) in [6.45, 7) is 0. The molecule has 1 aliphatic heterocycles. The van der Waals surface area contributed by atoms with Crippen molar-refractivity contribution in [2.45, 2.75) is 18.8 Å². The maximum absolute atomic E-state index is 12.3. The standard InChI is InChI=1S/C18H14F3N3O4/c19-18(20,21)28-11-7-5-10(6-8-11)22-15(25)9-14-17(27)23-13-4-2-1-3-12(13)16(26)24-14/h1-8,14H,9H2,(H,22,25)(H,23,27)(H,24,26). The van der Waals surface area contributed by atoms with Crippen molar-refractivity contribution in [1.82, 2.24) is 5.32 Å². The van der Waals surface area contributed by atoms with Crippen LogP contribution in [0, 0.1) is 0 Å². The van der Waals surface area contributed by atoms with E-state index in [0.717, 1.165) is 12.1 Å². The average Bonchev–Trinajstić information content (AvgIpc) is 2.72. The van der Waals surface area contributed by atoms with Crippen molar-refractivity contribution in [2.75, 3.05) is 10.6 Å². The van der Waals surface area contributed by atoms with Crippen LogP contribution in [0.25, 0.3) is 0 Å². The first-order chi connectivity index (χ1) is 13.2. The maximum Gasteiger partial charge on any atom is 0.573 e. The Morgan fingerprint density at radius 2 is 1.75 bits per heavy atom. The zero-order valence-electron chi connectivity index (χ0n) is 14.2. The summed E-state index contributed by atoms with van der Waals surface area (Å²) in [4.78, 5) is 36.6. The van der Waals surface area contributed by atoms with Gasteiger partial charge >= 0.3 is 6.36 Å². The summed E-state index contributed by atoms with van der Waals surface area (Å²) >= 11 is 0. The van der Waals surface area contributed by atoms with Crippen molar-refractivity contribution in [3.8, 4) is 5.75 Å². The van der Waals surface area contributed by atoms with Crippen molar-refractivity contribution in [2.24, 2.45) is 0 Å². The Morgan fingerprint density at radius 1 is 1.07 bits per heavy atom. The topological polar surface area (TPSA) is 96.5 Å². The molecule has 0 bridgehead atoms. The Bertz CT molecular complexity index is 913. The SMILES string of the molecule is O=C(CC1NC(=O)c2ccccc2NC1=O)Nc1ccc(OC(F)(F)F)cc1. The Morgan fingerprint density at radius 3 is 2.43 bits per heavy atom. The van der Waals surface area contributed by atoms with Gasteiger partial charge in [-0.1, -0.05) is 12.1 Å². The van der Waals surface area contributed by atoms with E-state index in [1.54, 1.807) is 18.2 Å². The smallest absolute Gasteiger partial charge is 0.406 e. The lowest BCUT2D eigenvalue weighted by atomic mass is 10.1. The van der Waals surface area contributed by atoms with Crippen molar-refractivity contribution >= 4 is 29.1 Å². The minimum absolute atomic E-state index is 0.211. The number of carbonyl (C=O) groups excluding carboxylic acids is 3. The molecule has 146 valence electrons. The lowest BCUT2D eigenvalue weighted by molar-refractivity contribution is -0.274. The minimum Gasteiger partial charge on any atom is -0.406 e. The highest BCUT2D eigenvalue weighted by Gasteiger charge is 2.31. The van der Waals surface area contributed by atoms with Crippen LogP contribution >= 0.6 is 0 Å². The predicted molar refractivity (Wildman–Crippen MR) is 92.7 cm³/mol. The molecule has 3 amide bonds. The third-order valence-corrected chi connectivity index (χ3v) is 3.81. The zero-order chi connectivity index (χ0) is 20.3. The van der Waals surface area contributed by atoms with Crippen LogP contribution in [0.15, 0.2) is 48.5 Å². The molecule has 0 aliphatic carbocycles. The second-order valence-electron chi connectivity index (χ2n) is 5.89. The number of alkyl halides is 3. The summed E-state index contributed by atoms with van der Waals surface area (Å²) in [5.74, 6) is -2.09. The molecule has 1 atom stereocenters. The van der Waals surface area contributed by atoms with Gasteiger partial charge in [0.15, 0.2) is 0 Å². The van der Waals surface area contributed by atoms with Gasteiger partial charge in [-0.15, -0.1) is 13.2 Å². The van der Waals surface area contributed by atoms with Gasteiger partial charge in [-0.3, -0.25) is 14.4 Å². The minimum atomic E-state index is -4.81. The van der Waals surface area contributed by atoms with Crippen molar-refractivity contribution in [3.63, 3.8) is 0 Å². The number of nitrogens with one attached hydrogen (secondary N) is 3. The Labute approximate surface area is 156 Å². The molecule has 28 heavy (non-hydrogen) atoms. The van der Waals surface area contributed by atoms with Gasteiger partial charge in [0, 0.05) is 5.69 Å². The quantitative estimate of drug-likeness (QED) is 0.744. The molecule has 2 aromatic rings. The van der Waals surface area contributed by atoms with E-state index in [4.69, 9.17) is 0 Å². The normalized spacial score (nSPS) is 16.3. The summed E-state index contributed by atoms with van der Waals surface area (Å²) in [6.07, 6.45) is -5.17. The lowest BCUT2D eigenvalue weighted by Crippen LogP contribution is -2.43. The number of amides is 3. The van der Waals surface area contributed by atoms with Crippen molar-refractivity contribution in [3.05, 3.63) is 54.1 Å². The van der Waals surface area contributed by atoms with Gasteiger partial charge in [0.1, 0.15) is 11.8 Å². The monoisotopic (exact) mass is 393 g/mol. The fourth-order valence-corrected chi connectivity index (χ4v) is 2.59. The van der Waals surface area contributed by atoms with Gasteiger partial charge in [0.25, 0.3) is 5.91 Å². The molecule has 10 heteroatoms. The summed E-state index contributed by atoms with van der Waals surface area (Å²) in [5.41, 5.74) is 0.829. The molecule has 0 radical (unpaired) electrons. The first-order valence-corrected chi connectivity index (χ1v) is 8.08. The third kappa shape index (κ3) is 4.78. The molecule has 1 aliphatic rings. The highest BCUT2D eigenvalue weighted by atomic mass is 19.4. The first-order valence-electron chi connectivity index (χ1n) is 8.08. The van der Waals surface area contributed by atoms with Gasteiger partial charge < -0.3 is 20.7 Å². The number of benzene rings is 2. The number of carbonyl (C=O) groups is 3. The summed E-state index contributed by atoms with van der Waals surface area (Å²) < 4.78 is 40.2. The van der Waals surface area contributed by atoms with E-state index >= 15 is 0 Å². The molecule has 7 nitrogen and oxygen atoms in total. The molecule has 3 rings (SSSR count). The van der Waals surface area contributed by atoms with E-state index in [0.29, 0.717) is 5.69 Å². The van der Waals surface area contributed by atoms with E-state index in [9.17, 15) is 27.6 Å². The van der Waals surface area contributed by atoms with Crippen LogP contribution in [0.3, 0.4) is 0 Å². The van der Waals surface area contributed by atoms with Crippen LogP contribution in [0.1, 0.15) is 16.8 Å². The lowest BCUT2D eigenvalue weighted by Gasteiger charge is -2.14. The molecule has 0 aromatic heterocycles. The number of fused-ring (bicyclic) bond motifs is 1. The van der Waals surface area contributed by atoms with Crippen LogP contribution < -0.4 is 20.7 Å². The largest absolute Gasteiger partial charge is 0.573 e. The Balaban J connectivity index is 1.62. The molecular weight excluding hydrogens is 379 g/mol. The fraction of sp³-hybridized carbons (Fsp3) is 0.167. The molecule has 3 N–H and O–H groups in total. The summed E-state index contributed by atoms with van der Waals surface area (Å²) in [5, 5.41) is 7.50. The predicted octanol–water partition coefficient (Wildman–Crippen LogP) is 2.66. The van der Waals surface area contributed by atoms with Gasteiger partial charge in [-0.2, -0.15) is 0 Å². The number of ether oxygens (including phenoxy) is 1. The fourth-order valence-electron chi connectivity index (χ4n) is 2.59. The number of rotatable bonds is 4. The van der Waals surface area contributed by atoms with Crippen molar-refractivity contribution < 1.29 is 32.3 Å². The van der Waals surface area contributed by atoms with E-state index in [-0.39, 0.29) is 17.7 Å². The number of para-hydroxylation sites is 1. The van der Waals surface area contributed by atoms with Crippen LogP contribution in [0.5, 0.6) is 5.75 Å². The van der Waals surface area contributed by atoms with Crippen LogP contribution in [-0.2, 0) is 9.59 Å². The maximum atomic E-state index is 12.3. The van der Waals surface area contributed by atoms with E-state index < -0.39 is 35.9 Å². The van der Waals surface area contributed by atoms with Gasteiger partial charge in [0.2, 0.25) is 11.8 Å².